The van der Waals surface area contributed by atoms with Crippen LogP contribution in [-0.4, -0.2) is 48.1 Å². The number of carboxylic acids is 1. The predicted octanol–water partition coefficient (Wildman–Crippen LogP) is 0.453. The number of amides is 1. The lowest BCUT2D eigenvalue weighted by molar-refractivity contribution is -0.162. The van der Waals surface area contributed by atoms with Crippen molar-refractivity contribution in [2.45, 2.75) is 32.1 Å². The Morgan fingerprint density at radius 1 is 1.18 bits per heavy atom. The molecule has 0 radical (unpaired) electrons. The maximum atomic E-state index is 11.9. The highest BCUT2D eigenvalue weighted by molar-refractivity contribution is 6.02. The van der Waals surface area contributed by atoms with Gasteiger partial charge in [0.25, 0.3) is 0 Å². The van der Waals surface area contributed by atoms with E-state index in [0.29, 0.717) is 19.4 Å². The minimum Gasteiger partial charge on any atom is -0.480 e. The number of hydrogen-bond donors (Lipinski definition) is 2. The highest BCUT2D eigenvalue weighted by Gasteiger charge is 2.50. The number of aliphatic carboxylic acids is 1. The highest BCUT2D eigenvalue weighted by atomic mass is 16.4. The smallest absolute Gasteiger partial charge is 0.319 e. The summed E-state index contributed by atoms with van der Waals surface area (Å²) in [6.07, 6.45) is 4.27. The van der Waals surface area contributed by atoms with E-state index in [9.17, 15) is 9.59 Å². The van der Waals surface area contributed by atoms with Gasteiger partial charge in [0.15, 0.2) is 0 Å². The number of nitrogens with one attached hydrogen (secondary N) is 1. The fourth-order valence-corrected chi connectivity index (χ4v) is 2.57. The molecule has 1 aliphatic carbocycles. The van der Waals surface area contributed by atoms with E-state index in [0.717, 1.165) is 26.1 Å². The first-order valence-electron chi connectivity index (χ1n) is 6.39. The molecule has 2 rings (SSSR count). The second kappa shape index (κ2) is 5.04. The molecule has 0 aromatic rings. The first kappa shape index (κ1) is 12.4. The van der Waals surface area contributed by atoms with Crippen LogP contribution < -0.4 is 5.32 Å². The zero-order chi connectivity index (χ0) is 12.3. The van der Waals surface area contributed by atoms with Gasteiger partial charge >= 0.3 is 5.97 Å². The van der Waals surface area contributed by atoms with E-state index < -0.39 is 11.4 Å². The van der Waals surface area contributed by atoms with Gasteiger partial charge in [0.1, 0.15) is 5.41 Å². The van der Waals surface area contributed by atoms with Crippen molar-refractivity contribution in [3.8, 4) is 0 Å². The van der Waals surface area contributed by atoms with E-state index in [2.05, 4.69) is 10.2 Å². The lowest BCUT2D eigenvalue weighted by Crippen LogP contribution is -2.52. The zero-order valence-corrected chi connectivity index (χ0v) is 10.1. The summed E-state index contributed by atoms with van der Waals surface area (Å²) in [6, 6.07) is 0. The zero-order valence-electron chi connectivity index (χ0n) is 10.1. The van der Waals surface area contributed by atoms with Crippen LogP contribution in [0.4, 0.5) is 0 Å². The fourth-order valence-electron chi connectivity index (χ4n) is 2.57. The molecule has 1 saturated carbocycles. The van der Waals surface area contributed by atoms with Gasteiger partial charge in [-0.2, -0.15) is 0 Å². The lowest BCUT2D eigenvalue weighted by Gasteiger charge is -2.35. The molecule has 2 aliphatic rings. The molecule has 0 atom stereocenters. The third kappa shape index (κ3) is 2.44. The van der Waals surface area contributed by atoms with Crippen LogP contribution in [0.1, 0.15) is 32.1 Å². The van der Waals surface area contributed by atoms with Crippen LogP contribution in [0.15, 0.2) is 0 Å². The quantitative estimate of drug-likeness (QED) is 0.685. The van der Waals surface area contributed by atoms with Crippen LogP contribution in [0, 0.1) is 5.41 Å². The molecule has 17 heavy (non-hydrogen) atoms. The summed E-state index contributed by atoms with van der Waals surface area (Å²) < 4.78 is 0. The van der Waals surface area contributed by atoms with Crippen molar-refractivity contribution in [3.05, 3.63) is 0 Å². The van der Waals surface area contributed by atoms with Crippen LogP contribution in [0.25, 0.3) is 0 Å². The van der Waals surface area contributed by atoms with Gasteiger partial charge in [0.05, 0.1) is 0 Å². The second-order valence-corrected chi connectivity index (χ2v) is 5.05. The molecule has 0 bridgehead atoms. The lowest BCUT2D eigenvalue weighted by atomic mass is 9.68. The number of nitrogens with zero attached hydrogens (tertiary/aromatic N) is 1. The Balaban J connectivity index is 1.74. The molecule has 96 valence electrons. The number of likely N-dealkylation sites (tertiary alicyclic amines) is 1. The van der Waals surface area contributed by atoms with Crippen molar-refractivity contribution >= 4 is 11.9 Å². The molecular formula is C12H20N2O3. The SMILES string of the molecule is O=C(O)C1(C(=O)NCCN2CCCC2)CCC1. The molecule has 5 heteroatoms. The maximum Gasteiger partial charge on any atom is 0.319 e. The number of rotatable bonds is 5. The van der Waals surface area contributed by atoms with Crippen LogP contribution in [0.3, 0.4) is 0 Å². The highest BCUT2D eigenvalue weighted by Crippen LogP contribution is 2.41. The van der Waals surface area contributed by atoms with Gasteiger partial charge in [-0.15, -0.1) is 0 Å². The van der Waals surface area contributed by atoms with Crippen molar-refractivity contribution in [3.63, 3.8) is 0 Å². The summed E-state index contributed by atoms with van der Waals surface area (Å²) >= 11 is 0. The summed E-state index contributed by atoms with van der Waals surface area (Å²) in [4.78, 5) is 25.2. The van der Waals surface area contributed by atoms with Gasteiger partial charge in [0.2, 0.25) is 5.91 Å². The van der Waals surface area contributed by atoms with Crippen LogP contribution >= 0.6 is 0 Å². The number of hydrogen-bond acceptors (Lipinski definition) is 3. The third-order valence-electron chi connectivity index (χ3n) is 3.96. The molecule has 1 heterocycles. The fraction of sp³-hybridized carbons (Fsp3) is 0.833. The Kier molecular flexibility index (Phi) is 3.66. The van der Waals surface area contributed by atoms with E-state index in [1.54, 1.807) is 0 Å². The molecule has 5 nitrogen and oxygen atoms in total. The van der Waals surface area contributed by atoms with Crippen molar-refractivity contribution in [2.75, 3.05) is 26.2 Å². The molecule has 2 N–H and O–H groups in total. The average Bonchev–Trinajstić information content (AvgIpc) is 2.67. The van der Waals surface area contributed by atoms with Crippen LogP contribution in [0.5, 0.6) is 0 Å². The summed E-state index contributed by atoms with van der Waals surface area (Å²) in [5, 5.41) is 11.9. The first-order chi connectivity index (χ1) is 8.15. The summed E-state index contributed by atoms with van der Waals surface area (Å²) in [6.45, 7) is 3.59. The van der Waals surface area contributed by atoms with Gasteiger partial charge in [-0.3, -0.25) is 9.59 Å². The van der Waals surface area contributed by atoms with Crippen molar-refractivity contribution in [1.29, 1.82) is 0 Å². The molecule has 1 aliphatic heterocycles. The molecule has 0 spiro atoms. The maximum absolute atomic E-state index is 11.9. The molecule has 2 fully saturated rings. The van der Waals surface area contributed by atoms with E-state index in [1.165, 1.54) is 12.8 Å². The van der Waals surface area contributed by atoms with Gasteiger partial charge in [-0.25, -0.2) is 0 Å². The first-order valence-corrected chi connectivity index (χ1v) is 6.39. The summed E-state index contributed by atoms with van der Waals surface area (Å²) in [5.74, 6) is -1.27. The van der Waals surface area contributed by atoms with Gasteiger partial charge in [0, 0.05) is 13.1 Å². The number of carbonyl (C=O) groups excluding carboxylic acids is 1. The molecule has 1 amide bonds. The number of carboxylic acid groups (broad SMARTS) is 1. The van der Waals surface area contributed by atoms with E-state index in [-0.39, 0.29) is 5.91 Å². The van der Waals surface area contributed by atoms with Crippen molar-refractivity contribution < 1.29 is 14.7 Å². The van der Waals surface area contributed by atoms with Crippen molar-refractivity contribution in [2.24, 2.45) is 5.41 Å². The van der Waals surface area contributed by atoms with Crippen molar-refractivity contribution in [1.82, 2.24) is 10.2 Å². The Morgan fingerprint density at radius 3 is 2.29 bits per heavy atom. The minimum absolute atomic E-state index is 0.296. The number of carbonyl (C=O) groups is 2. The topological polar surface area (TPSA) is 69.6 Å². The Hall–Kier alpha value is -1.10. The Morgan fingerprint density at radius 2 is 1.82 bits per heavy atom. The largest absolute Gasteiger partial charge is 0.480 e. The standard InChI is InChI=1S/C12H20N2O3/c15-10(12(11(16)17)4-3-5-12)13-6-9-14-7-1-2-8-14/h1-9H2,(H,13,15)(H,16,17). The van der Waals surface area contributed by atoms with Gasteiger partial charge in [-0.05, 0) is 38.8 Å². The summed E-state index contributed by atoms with van der Waals surface area (Å²) in [5.41, 5.74) is -1.12. The molecule has 1 saturated heterocycles. The second-order valence-electron chi connectivity index (χ2n) is 5.05. The van der Waals surface area contributed by atoms with Crippen LogP contribution in [-0.2, 0) is 9.59 Å². The minimum atomic E-state index is -1.12. The van der Waals surface area contributed by atoms with E-state index in [1.807, 2.05) is 0 Å². The van der Waals surface area contributed by atoms with Gasteiger partial charge < -0.3 is 15.3 Å². The molecule has 0 aromatic heterocycles. The average molecular weight is 240 g/mol. The molecule has 0 unspecified atom stereocenters. The van der Waals surface area contributed by atoms with Crippen LogP contribution in [0.2, 0.25) is 0 Å². The van der Waals surface area contributed by atoms with E-state index >= 15 is 0 Å². The molecular weight excluding hydrogens is 220 g/mol. The monoisotopic (exact) mass is 240 g/mol. The third-order valence-corrected chi connectivity index (χ3v) is 3.96. The van der Waals surface area contributed by atoms with E-state index in [4.69, 9.17) is 5.11 Å². The Bertz CT molecular complexity index is 307. The Labute approximate surface area is 101 Å². The van der Waals surface area contributed by atoms with Gasteiger partial charge in [-0.1, -0.05) is 6.42 Å². The predicted molar refractivity (Wildman–Crippen MR) is 62.6 cm³/mol. The molecule has 0 aromatic carbocycles. The normalized spacial score (nSPS) is 23.1. The summed E-state index contributed by atoms with van der Waals surface area (Å²) in [7, 11) is 0.